The zero-order valence-corrected chi connectivity index (χ0v) is 13.7. The number of nitrogens with zero attached hydrogens (tertiary/aromatic N) is 1. The second kappa shape index (κ2) is 6.97. The number of halogens is 1. The molecule has 2 rings (SSSR count). The van der Waals surface area contributed by atoms with Crippen LogP contribution in [0.15, 0.2) is 42.5 Å². The molecule has 0 aromatic heterocycles. The highest BCUT2D eigenvalue weighted by Crippen LogP contribution is 2.30. The van der Waals surface area contributed by atoms with Gasteiger partial charge in [0.15, 0.2) is 0 Å². The number of para-hydroxylation sites is 1. The van der Waals surface area contributed by atoms with Gasteiger partial charge in [0.05, 0.1) is 0 Å². The van der Waals surface area contributed by atoms with E-state index in [1.807, 2.05) is 6.07 Å². The first-order valence-electron chi connectivity index (χ1n) is 7.36. The Bertz CT molecular complexity index is 610. The largest absolute Gasteiger partial charge is 0.344 e. The Labute approximate surface area is 132 Å². The van der Waals surface area contributed by atoms with Crippen molar-refractivity contribution >= 4 is 23.0 Å². The molecule has 2 N–H and O–H groups in total. The Morgan fingerprint density at radius 2 is 1.90 bits per heavy atom. The minimum Gasteiger partial charge on any atom is -0.344 e. The SMILES string of the molecule is CCC(N)Cc1ccc(N(C)c2ccccc2C)cc1Cl. The fourth-order valence-corrected chi connectivity index (χ4v) is 2.67. The number of hydrogen-bond donors (Lipinski definition) is 1. The van der Waals surface area contributed by atoms with E-state index in [9.17, 15) is 0 Å². The molecule has 1 unspecified atom stereocenters. The molecule has 0 spiro atoms. The lowest BCUT2D eigenvalue weighted by molar-refractivity contribution is 0.646. The maximum absolute atomic E-state index is 6.42. The Morgan fingerprint density at radius 3 is 2.52 bits per heavy atom. The minimum absolute atomic E-state index is 0.169. The number of anilines is 2. The van der Waals surface area contributed by atoms with Crippen LogP contribution in [0.3, 0.4) is 0 Å². The van der Waals surface area contributed by atoms with Gasteiger partial charge >= 0.3 is 0 Å². The van der Waals surface area contributed by atoms with E-state index in [2.05, 4.69) is 62.2 Å². The third-order valence-electron chi connectivity index (χ3n) is 3.91. The fourth-order valence-electron chi connectivity index (χ4n) is 2.42. The van der Waals surface area contributed by atoms with E-state index < -0.39 is 0 Å². The van der Waals surface area contributed by atoms with Gasteiger partial charge in [-0.15, -0.1) is 0 Å². The van der Waals surface area contributed by atoms with Gasteiger partial charge in [-0.25, -0.2) is 0 Å². The van der Waals surface area contributed by atoms with Crippen LogP contribution in [-0.4, -0.2) is 13.1 Å². The fraction of sp³-hybridized carbons (Fsp3) is 0.333. The standard InChI is InChI=1S/C18H23ClN2/c1-4-15(20)11-14-9-10-16(12-17(14)19)21(3)18-8-6-5-7-13(18)2/h5-10,12,15H,4,11,20H2,1-3H3. The Morgan fingerprint density at radius 1 is 1.19 bits per heavy atom. The normalized spacial score (nSPS) is 12.2. The van der Waals surface area contributed by atoms with Crippen LogP contribution in [0.5, 0.6) is 0 Å². The lowest BCUT2D eigenvalue weighted by Gasteiger charge is -2.22. The lowest BCUT2D eigenvalue weighted by Crippen LogP contribution is -2.21. The van der Waals surface area contributed by atoms with Crippen molar-refractivity contribution in [3.63, 3.8) is 0 Å². The van der Waals surface area contributed by atoms with Gasteiger partial charge in [-0.2, -0.15) is 0 Å². The van der Waals surface area contributed by atoms with E-state index in [1.54, 1.807) is 0 Å². The van der Waals surface area contributed by atoms with Crippen LogP contribution in [0.2, 0.25) is 5.02 Å². The molecule has 2 aromatic rings. The summed E-state index contributed by atoms with van der Waals surface area (Å²) in [6, 6.07) is 14.7. The zero-order chi connectivity index (χ0) is 15.4. The first-order chi connectivity index (χ1) is 10.0. The summed E-state index contributed by atoms with van der Waals surface area (Å²) >= 11 is 6.42. The van der Waals surface area contributed by atoms with E-state index in [1.165, 1.54) is 11.3 Å². The van der Waals surface area contributed by atoms with Gasteiger partial charge in [-0.3, -0.25) is 0 Å². The molecule has 0 aliphatic heterocycles. The summed E-state index contributed by atoms with van der Waals surface area (Å²) in [5, 5.41) is 0.789. The van der Waals surface area contributed by atoms with E-state index in [0.29, 0.717) is 0 Å². The van der Waals surface area contributed by atoms with Crippen LogP contribution in [-0.2, 0) is 6.42 Å². The third-order valence-corrected chi connectivity index (χ3v) is 4.26. The third kappa shape index (κ3) is 3.78. The first kappa shape index (κ1) is 15.9. The molecule has 2 nitrogen and oxygen atoms in total. The van der Waals surface area contributed by atoms with Crippen molar-refractivity contribution in [2.24, 2.45) is 5.73 Å². The van der Waals surface area contributed by atoms with Crippen LogP contribution in [0.1, 0.15) is 24.5 Å². The summed E-state index contributed by atoms with van der Waals surface area (Å²) in [5.74, 6) is 0. The Hall–Kier alpha value is -1.51. The van der Waals surface area contributed by atoms with Crippen LogP contribution in [0.25, 0.3) is 0 Å². The van der Waals surface area contributed by atoms with Crippen LogP contribution in [0, 0.1) is 6.92 Å². The molecule has 0 bridgehead atoms. The molecule has 0 aliphatic carbocycles. The minimum atomic E-state index is 0.169. The lowest BCUT2D eigenvalue weighted by atomic mass is 10.0. The molecular weight excluding hydrogens is 280 g/mol. The number of aryl methyl sites for hydroxylation is 1. The van der Waals surface area contributed by atoms with Gasteiger partial charge in [0.1, 0.15) is 0 Å². The molecule has 2 aromatic carbocycles. The van der Waals surface area contributed by atoms with E-state index in [-0.39, 0.29) is 6.04 Å². The maximum atomic E-state index is 6.42. The number of nitrogens with two attached hydrogens (primary N) is 1. The van der Waals surface area contributed by atoms with Gasteiger partial charge in [-0.05, 0) is 49.1 Å². The molecule has 0 saturated heterocycles. The Balaban J connectivity index is 2.26. The van der Waals surface area contributed by atoms with Crippen molar-refractivity contribution in [3.8, 4) is 0 Å². The molecule has 0 heterocycles. The van der Waals surface area contributed by atoms with Crippen molar-refractivity contribution in [1.29, 1.82) is 0 Å². The summed E-state index contributed by atoms with van der Waals surface area (Å²) in [6.45, 7) is 4.21. The van der Waals surface area contributed by atoms with Gasteiger partial charge in [0, 0.05) is 29.5 Å². The molecule has 0 saturated carbocycles. The second-order valence-electron chi connectivity index (χ2n) is 5.49. The molecule has 0 amide bonds. The summed E-state index contributed by atoms with van der Waals surface area (Å²) in [5.41, 5.74) is 10.6. The number of rotatable bonds is 5. The van der Waals surface area contributed by atoms with E-state index in [0.717, 1.165) is 29.1 Å². The summed E-state index contributed by atoms with van der Waals surface area (Å²) < 4.78 is 0. The quantitative estimate of drug-likeness (QED) is 0.867. The molecule has 3 heteroatoms. The van der Waals surface area contributed by atoms with Crippen LogP contribution >= 0.6 is 11.6 Å². The average Bonchev–Trinajstić information content (AvgIpc) is 2.49. The predicted octanol–water partition coefficient (Wildman–Crippen LogP) is 4.70. The van der Waals surface area contributed by atoms with Crippen LogP contribution < -0.4 is 10.6 Å². The molecule has 1 atom stereocenters. The number of hydrogen-bond acceptors (Lipinski definition) is 2. The first-order valence-corrected chi connectivity index (χ1v) is 7.74. The monoisotopic (exact) mass is 302 g/mol. The Kier molecular flexibility index (Phi) is 5.27. The summed E-state index contributed by atoms with van der Waals surface area (Å²) in [6.07, 6.45) is 1.78. The van der Waals surface area contributed by atoms with Crippen molar-refractivity contribution in [2.45, 2.75) is 32.7 Å². The maximum Gasteiger partial charge on any atom is 0.0459 e. The van der Waals surface area contributed by atoms with Gasteiger partial charge < -0.3 is 10.6 Å². The molecular formula is C18H23ClN2. The highest BCUT2D eigenvalue weighted by Gasteiger charge is 2.10. The predicted molar refractivity (Wildman–Crippen MR) is 92.7 cm³/mol. The second-order valence-corrected chi connectivity index (χ2v) is 5.90. The van der Waals surface area contributed by atoms with Crippen molar-refractivity contribution in [1.82, 2.24) is 0 Å². The summed E-state index contributed by atoms with van der Waals surface area (Å²) in [7, 11) is 2.06. The van der Waals surface area contributed by atoms with E-state index >= 15 is 0 Å². The molecule has 0 fully saturated rings. The van der Waals surface area contributed by atoms with Gasteiger partial charge in [-0.1, -0.05) is 42.8 Å². The highest BCUT2D eigenvalue weighted by molar-refractivity contribution is 6.31. The highest BCUT2D eigenvalue weighted by atomic mass is 35.5. The molecule has 0 aliphatic rings. The van der Waals surface area contributed by atoms with Gasteiger partial charge in [0.25, 0.3) is 0 Å². The topological polar surface area (TPSA) is 29.3 Å². The average molecular weight is 303 g/mol. The van der Waals surface area contributed by atoms with Crippen molar-refractivity contribution in [2.75, 3.05) is 11.9 Å². The molecule has 112 valence electrons. The molecule has 21 heavy (non-hydrogen) atoms. The summed E-state index contributed by atoms with van der Waals surface area (Å²) in [4.78, 5) is 2.16. The van der Waals surface area contributed by atoms with Crippen molar-refractivity contribution in [3.05, 3.63) is 58.6 Å². The van der Waals surface area contributed by atoms with Gasteiger partial charge in [0.2, 0.25) is 0 Å². The number of benzene rings is 2. The van der Waals surface area contributed by atoms with Crippen molar-refractivity contribution < 1.29 is 0 Å². The van der Waals surface area contributed by atoms with Crippen LogP contribution in [0.4, 0.5) is 11.4 Å². The van der Waals surface area contributed by atoms with E-state index in [4.69, 9.17) is 17.3 Å². The smallest absolute Gasteiger partial charge is 0.0459 e. The molecule has 0 radical (unpaired) electrons. The zero-order valence-electron chi connectivity index (χ0n) is 12.9.